The molecule has 0 bridgehead atoms. The van der Waals surface area contributed by atoms with E-state index in [0.717, 1.165) is 22.7 Å². The van der Waals surface area contributed by atoms with Gasteiger partial charge >= 0.3 is 0 Å². The van der Waals surface area contributed by atoms with Gasteiger partial charge in [0.2, 0.25) is 0 Å². The highest BCUT2D eigenvalue weighted by Gasteiger charge is 2.35. The first-order valence-electron chi connectivity index (χ1n) is 19.2. The molecule has 1 aromatic heterocycles. The molecule has 0 N–H and O–H groups in total. The average Bonchev–Trinajstić information content (AvgIpc) is 3.70. The summed E-state index contributed by atoms with van der Waals surface area (Å²) in [5.74, 6) is 0. The van der Waals surface area contributed by atoms with Crippen LogP contribution in [0.5, 0.6) is 0 Å². The van der Waals surface area contributed by atoms with Crippen molar-refractivity contribution in [1.29, 1.82) is 0 Å². The van der Waals surface area contributed by atoms with Gasteiger partial charge in [-0.05, 0) is 122 Å². The molecule has 1 aliphatic carbocycles. The van der Waals surface area contributed by atoms with Gasteiger partial charge < -0.3 is 9.47 Å². The minimum absolute atomic E-state index is 0.0991. The van der Waals surface area contributed by atoms with Crippen molar-refractivity contribution in [2.45, 2.75) is 19.3 Å². The fourth-order valence-electron chi connectivity index (χ4n) is 9.22. The van der Waals surface area contributed by atoms with E-state index in [4.69, 9.17) is 0 Å². The molecule has 2 nitrogen and oxygen atoms in total. The molecule has 0 saturated heterocycles. The zero-order valence-electron chi connectivity index (χ0n) is 30.9. The van der Waals surface area contributed by atoms with Crippen LogP contribution in [0.25, 0.3) is 71.3 Å². The Hall–Kier alpha value is -6.90. The third kappa shape index (κ3) is 4.88. The van der Waals surface area contributed by atoms with Crippen molar-refractivity contribution in [3.8, 4) is 27.9 Å². The number of hydrogen-bond donors (Lipinski definition) is 0. The molecule has 10 aromatic rings. The normalized spacial score (nSPS) is 13.1. The minimum atomic E-state index is -0.0991. The summed E-state index contributed by atoms with van der Waals surface area (Å²) in [5, 5.41) is 7.63. The summed E-state index contributed by atoms with van der Waals surface area (Å²) < 4.78 is 2.42. The zero-order valence-corrected chi connectivity index (χ0v) is 30.9. The maximum atomic E-state index is 2.42. The number of rotatable bonds is 5. The molecule has 2 heteroatoms. The molecule has 260 valence electrons. The Morgan fingerprint density at radius 1 is 0.400 bits per heavy atom. The Morgan fingerprint density at radius 2 is 1.00 bits per heavy atom. The molecule has 0 amide bonds. The zero-order chi connectivity index (χ0) is 36.7. The van der Waals surface area contributed by atoms with Gasteiger partial charge in [0.1, 0.15) is 0 Å². The molecular weight excluding hydrogens is 665 g/mol. The number of hydrogen-bond acceptors (Lipinski definition) is 1. The Labute approximate surface area is 321 Å². The first-order chi connectivity index (χ1) is 27.0. The van der Waals surface area contributed by atoms with E-state index in [1.165, 1.54) is 76.7 Å². The lowest BCUT2D eigenvalue weighted by molar-refractivity contribution is 0.660. The number of para-hydroxylation sites is 1. The number of nitrogens with zero attached hydrogens (tertiary/aromatic N) is 2. The second-order valence-corrected chi connectivity index (χ2v) is 15.4. The van der Waals surface area contributed by atoms with E-state index in [1.807, 2.05) is 0 Å². The van der Waals surface area contributed by atoms with Crippen molar-refractivity contribution in [2.75, 3.05) is 4.90 Å². The van der Waals surface area contributed by atoms with Crippen LogP contribution >= 0.6 is 0 Å². The predicted molar refractivity (Wildman–Crippen MR) is 233 cm³/mol. The maximum Gasteiger partial charge on any atom is 0.0547 e. The molecule has 0 fully saturated rings. The Kier molecular flexibility index (Phi) is 6.93. The van der Waals surface area contributed by atoms with E-state index >= 15 is 0 Å². The standard InChI is InChI=1S/C53H38N2/c1-53(2)48-17-9-7-15-45(48)46-31-30-43(34-49(46)53)54(40-24-21-36(22-25-40)39-20-19-35-11-3-4-13-38(35)33-39)41-26-28-42(29-27-41)55-50-18-10-8-16-47(50)52-44-14-6-5-12-37(44)23-32-51(52)55/h3-34H,1-2H3. The molecule has 0 atom stereocenters. The topological polar surface area (TPSA) is 8.17 Å². The molecule has 0 radical (unpaired) electrons. The minimum Gasteiger partial charge on any atom is -0.310 e. The van der Waals surface area contributed by atoms with E-state index in [0.29, 0.717) is 0 Å². The van der Waals surface area contributed by atoms with Gasteiger partial charge in [0.15, 0.2) is 0 Å². The van der Waals surface area contributed by atoms with Crippen LogP contribution in [0.15, 0.2) is 194 Å². The molecule has 0 unspecified atom stereocenters. The molecule has 11 rings (SSSR count). The molecule has 0 saturated carbocycles. The quantitative estimate of drug-likeness (QED) is 0.173. The van der Waals surface area contributed by atoms with Crippen molar-refractivity contribution < 1.29 is 0 Å². The van der Waals surface area contributed by atoms with Crippen LogP contribution in [-0.4, -0.2) is 4.57 Å². The lowest BCUT2D eigenvalue weighted by Crippen LogP contribution is -2.16. The van der Waals surface area contributed by atoms with E-state index in [1.54, 1.807) is 0 Å². The van der Waals surface area contributed by atoms with E-state index in [-0.39, 0.29) is 5.41 Å². The van der Waals surface area contributed by atoms with Crippen molar-refractivity contribution in [2.24, 2.45) is 0 Å². The van der Waals surface area contributed by atoms with Gasteiger partial charge in [0, 0.05) is 38.9 Å². The van der Waals surface area contributed by atoms with Crippen LogP contribution in [-0.2, 0) is 5.41 Å². The van der Waals surface area contributed by atoms with E-state index in [2.05, 4.69) is 217 Å². The Bertz CT molecular complexity index is 3110. The molecule has 9 aromatic carbocycles. The highest BCUT2D eigenvalue weighted by atomic mass is 15.1. The van der Waals surface area contributed by atoms with E-state index in [9.17, 15) is 0 Å². The second kappa shape index (κ2) is 12.1. The van der Waals surface area contributed by atoms with Gasteiger partial charge in [-0.3, -0.25) is 0 Å². The van der Waals surface area contributed by atoms with Gasteiger partial charge in [-0.2, -0.15) is 0 Å². The summed E-state index contributed by atoms with van der Waals surface area (Å²) in [6, 6.07) is 71.4. The average molecular weight is 703 g/mol. The fraction of sp³-hybridized carbons (Fsp3) is 0.0566. The summed E-state index contributed by atoms with van der Waals surface area (Å²) in [6.07, 6.45) is 0. The lowest BCUT2D eigenvalue weighted by Gasteiger charge is -2.28. The Morgan fingerprint density at radius 3 is 1.82 bits per heavy atom. The SMILES string of the molecule is CC1(C)c2ccccc2-c2ccc(N(c3ccc(-c4ccc5ccccc5c4)cc3)c3ccc(-n4c5ccccc5c5c6ccccc6ccc54)cc3)cc21. The van der Waals surface area contributed by atoms with Crippen LogP contribution in [0.3, 0.4) is 0 Å². The van der Waals surface area contributed by atoms with E-state index < -0.39 is 0 Å². The van der Waals surface area contributed by atoms with Gasteiger partial charge in [-0.15, -0.1) is 0 Å². The summed E-state index contributed by atoms with van der Waals surface area (Å²) in [7, 11) is 0. The number of fused-ring (bicyclic) bond motifs is 9. The third-order valence-corrected chi connectivity index (χ3v) is 12.0. The Balaban J connectivity index is 1.05. The molecule has 0 spiro atoms. The first-order valence-corrected chi connectivity index (χ1v) is 19.2. The molecular formula is C53H38N2. The second-order valence-electron chi connectivity index (χ2n) is 15.4. The van der Waals surface area contributed by atoms with Gasteiger partial charge in [0.25, 0.3) is 0 Å². The summed E-state index contributed by atoms with van der Waals surface area (Å²) >= 11 is 0. The molecule has 1 aliphatic rings. The predicted octanol–water partition coefficient (Wildman–Crippen LogP) is 14.5. The van der Waals surface area contributed by atoms with Crippen molar-refractivity contribution in [3.63, 3.8) is 0 Å². The monoisotopic (exact) mass is 702 g/mol. The third-order valence-electron chi connectivity index (χ3n) is 12.0. The maximum absolute atomic E-state index is 2.42. The number of benzene rings is 9. The summed E-state index contributed by atoms with van der Waals surface area (Å²) in [5.41, 5.74) is 14.7. The molecule has 55 heavy (non-hydrogen) atoms. The smallest absolute Gasteiger partial charge is 0.0547 e. The number of aromatic nitrogens is 1. The van der Waals surface area contributed by atoms with Crippen LogP contribution < -0.4 is 4.90 Å². The van der Waals surface area contributed by atoms with Crippen molar-refractivity contribution in [3.05, 3.63) is 205 Å². The first kappa shape index (κ1) is 31.6. The molecule has 0 aliphatic heterocycles. The molecule has 1 heterocycles. The van der Waals surface area contributed by atoms with Crippen LogP contribution in [0, 0.1) is 0 Å². The summed E-state index contributed by atoms with van der Waals surface area (Å²) in [6.45, 7) is 4.71. The van der Waals surface area contributed by atoms with Crippen molar-refractivity contribution in [1.82, 2.24) is 4.57 Å². The highest BCUT2D eigenvalue weighted by molar-refractivity contribution is 6.21. The van der Waals surface area contributed by atoms with Crippen molar-refractivity contribution >= 4 is 60.4 Å². The van der Waals surface area contributed by atoms with Gasteiger partial charge in [-0.25, -0.2) is 0 Å². The summed E-state index contributed by atoms with van der Waals surface area (Å²) in [4.78, 5) is 2.41. The van der Waals surface area contributed by atoms with Crippen LogP contribution in [0.1, 0.15) is 25.0 Å². The van der Waals surface area contributed by atoms with Gasteiger partial charge in [0.05, 0.1) is 11.0 Å². The fourth-order valence-corrected chi connectivity index (χ4v) is 9.22. The highest BCUT2D eigenvalue weighted by Crippen LogP contribution is 2.50. The largest absolute Gasteiger partial charge is 0.310 e. The van der Waals surface area contributed by atoms with Crippen LogP contribution in [0.2, 0.25) is 0 Å². The van der Waals surface area contributed by atoms with Crippen LogP contribution in [0.4, 0.5) is 17.1 Å². The van der Waals surface area contributed by atoms with Gasteiger partial charge in [-0.1, -0.05) is 141 Å². The lowest BCUT2D eigenvalue weighted by atomic mass is 9.82. The number of anilines is 3.